The molecule has 1 heterocycles. The second-order valence-electron chi connectivity index (χ2n) is 5.90. The summed E-state index contributed by atoms with van der Waals surface area (Å²) in [7, 11) is -8.85. The van der Waals surface area contributed by atoms with Crippen molar-refractivity contribution in [1.82, 2.24) is 4.98 Å². The van der Waals surface area contributed by atoms with Gasteiger partial charge in [-0.05, 0) is 30.3 Å². The predicted octanol–water partition coefficient (Wildman–Crippen LogP) is 3.15. The molecule has 154 valence electrons. The minimum absolute atomic E-state index is 0.0321. The molecule has 1 N–H and O–H groups in total. The SMILES string of the molecule is O=[N+]([O-])c1ccc(NC=C(S(=O)(=O)c2ccccc2)S(=O)(=O)c2ccccc2)nc1. The van der Waals surface area contributed by atoms with Crippen LogP contribution in [0.4, 0.5) is 11.5 Å². The van der Waals surface area contributed by atoms with Gasteiger partial charge in [-0.25, -0.2) is 21.8 Å². The average molecular weight is 445 g/mol. The van der Waals surface area contributed by atoms with Gasteiger partial charge >= 0.3 is 0 Å². The number of aromatic nitrogens is 1. The normalized spacial score (nSPS) is 11.5. The van der Waals surface area contributed by atoms with E-state index >= 15 is 0 Å². The van der Waals surface area contributed by atoms with Crippen molar-refractivity contribution in [1.29, 1.82) is 0 Å². The molecule has 0 aliphatic heterocycles. The fourth-order valence-electron chi connectivity index (χ4n) is 2.44. The number of nitrogens with zero attached hydrogens (tertiary/aromatic N) is 2. The van der Waals surface area contributed by atoms with Gasteiger partial charge in [0.1, 0.15) is 12.0 Å². The van der Waals surface area contributed by atoms with E-state index in [2.05, 4.69) is 10.3 Å². The van der Waals surface area contributed by atoms with E-state index in [1.54, 1.807) is 12.1 Å². The predicted molar refractivity (Wildman–Crippen MR) is 110 cm³/mol. The molecule has 0 radical (unpaired) electrons. The minimum Gasteiger partial charge on any atom is -0.345 e. The molecule has 30 heavy (non-hydrogen) atoms. The van der Waals surface area contributed by atoms with Gasteiger partial charge in [-0.15, -0.1) is 0 Å². The van der Waals surface area contributed by atoms with E-state index < -0.39 is 28.8 Å². The number of benzene rings is 2. The zero-order chi connectivity index (χ0) is 21.8. The molecule has 0 saturated heterocycles. The summed E-state index contributed by atoms with van der Waals surface area (Å²) in [6.45, 7) is 0. The van der Waals surface area contributed by atoms with Crippen molar-refractivity contribution in [3.63, 3.8) is 0 Å². The van der Waals surface area contributed by atoms with Gasteiger partial charge < -0.3 is 5.32 Å². The van der Waals surface area contributed by atoms with Crippen LogP contribution in [0.2, 0.25) is 0 Å². The molecule has 3 rings (SSSR count). The number of rotatable bonds is 7. The molecular formula is C19H15N3O6S2. The first-order valence-corrected chi connectivity index (χ1v) is 11.4. The van der Waals surface area contributed by atoms with Crippen LogP contribution in [0.1, 0.15) is 0 Å². The molecule has 2 aromatic carbocycles. The van der Waals surface area contributed by atoms with E-state index in [4.69, 9.17) is 0 Å². The maximum absolute atomic E-state index is 13.1. The Morgan fingerprint density at radius 2 is 1.33 bits per heavy atom. The van der Waals surface area contributed by atoms with E-state index in [-0.39, 0.29) is 21.3 Å². The van der Waals surface area contributed by atoms with Crippen molar-refractivity contribution in [2.75, 3.05) is 5.32 Å². The summed E-state index contributed by atoms with van der Waals surface area (Å²) in [5.74, 6) is 0.0321. The molecule has 0 atom stereocenters. The second kappa shape index (κ2) is 8.43. The Morgan fingerprint density at radius 3 is 1.73 bits per heavy atom. The van der Waals surface area contributed by atoms with Gasteiger partial charge in [-0.2, -0.15) is 0 Å². The summed E-state index contributed by atoms with van der Waals surface area (Å²) in [6, 6.07) is 16.6. The van der Waals surface area contributed by atoms with E-state index in [0.29, 0.717) is 0 Å². The maximum atomic E-state index is 13.1. The largest absolute Gasteiger partial charge is 0.345 e. The van der Waals surface area contributed by atoms with E-state index in [1.165, 1.54) is 54.6 Å². The van der Waals surface area contributed by atoms with Crippen molar-refractivity contribution in [2.45, 2.75) is 9.79 Å². The number of pyridine rings is 1. The van der Waals surface area contributed by atoms with E-state index in [9.17, 15) is 26.9 Å². The van der Waals surface area contributed by atoms with Crippen LogP contribution in [0.25, 0.3) is 0 Å². The Balaban J connectivity index is 2.10. The summed E-state index contributed by atoms with van der Waals surface area (Å²) < 4.78 is 51.6. The van der Waals surface area contributed by atoms with Crippen molar-refractivity contribution < 1.29 is 21.8 Å². The number of sulfone groups is 2. The monoisotopic (exact) mass is 445 g/mol. The molecule has 0 aliphatic rings. The quantitative estimate of drug-likeness (QED) is 0.433. The standard InChI is InChI=1S/C19H15N3O6S2/c23-22(24)15-11-12-18(20-13-15)21-14-19(29(25,26)16-7-3-1-4-8-16)30(27,28)17-9-5-2-6-10-17/h1-14H,(H,20,21). The Morgan fingerprint density at radius 1 is 0.833 bits per heavy atom. The first-order valence-electron chi connectivity index (χ1n) is 8.40. The molecule has 0 fully saturated rings. The van der Waals surface area contributed by atoms with Crippen molar-refractivity contribution in [2.24, 2.45) is 0 Å². The summed E-state index contributed by atoms with van der Waals surface area (Å²) in [4.78, 5) is 13.5. The highest BCUT2D eigenvalue weighted by atomic mass is 32.3. The van der Waals surface area contributed by atoms with E-state index in [0.717, 1.165) is 18.5 Å². The van der Waals surface area contributed by atoms with E-state index in [1.807, 2.05) is 0 Å². The van der Waals surface area contributed by atoms with Gasteiger partial charge in [0.05, 0.1) is 14.7 Å². The van der Waals surface area contributed by atoms with Crippen molar-refractivity contribution >= 4 is 31.2 Å². The summed E-state index contributed by atoms with van der Waals surface area (Å²) in [5.41, 5.74) is -0.265. The van der Waals surface area contributed by atoms with Crippen LogP contribution in [0.3, 0.4) is 0 Å². The lowest BCUT2D eigenvalue weighted by molar-refractivity contribution is -0.385. The van der Waals surface area contributed by atoms with Gasteiger partial charge in [-0.3, -0.25) is 10.1 Å². The van der Waals surface area contributed by atoms with Crippen LogP contribution >= 0.6 is 0 Å². The average Bonchev–Trinajstić information content (AvgIpc) is 2.75. The Kier molecular flexibility index (Phi) is 5.94. The van der Waals surface area contributed by atoms with Crippen LogP contribution in [0.5, 0.6) is 0 Å². The number of nitrogens with one attached hydrogen (secondary N) is 1. The first-order chi connectivity index (χ1) is 14.2. The molecule has 0 amide bonds. The molecule has 3 aromatic rings. The fraction of sp³-hybridized carbons (Fsp3) is 0. The first kappa shape index (κ1) is 21.1. The Bertz CT molecular complexity index is 1220. The second-order valence-corrected chi connectivity index (χ2v) is 9.99. The third-order valence-corrected chi connectivity index (χ3v) is 8.33. The molecule has 9 nitrogen and oxygen atoms in total. The number of nitro groups is 1. The highest BCUT2D eigenvalue weighted by molar-refractivity contribution is 8.14. The zero-order valence-electron chi connectivity index (χ0n) is 15.2. The Hall–Kier alpha value is -3.57. The van der Waals surface area contributed by atoms with Crippen molar-refractivity contribution in [3.05, 3.63) is 99.5 Å². The highest BCUT2D eigenvalue weighted by Gasteiger charge is 2.33. The Labute approximate surface area is 172 Å². The molecule has 11 heteroatoms. The summed E-state index contributed by atoms with van der Waals surface area (Å²) in [5, 5.41) is 13.2. The maximum Gasteiger partial charge on any atom is 0.287 e. The minimum atomic E-state index is -4.42. The topological polar surface area (TPSA) is 136 Å². The highest BCUT2D eigenvalue weighted by Crippen LogP contribution is 2.29. The number of hydrogen-bond acceptors (Lipinski definition) is 8. The third kappa shape index (κ3) is 4.36. The molecule has 0 bridgehead atoms. The molecule has 0 spiro atoms. The van der Waals surface area contributed by atoms with Crippen LogP contribution in [-0.2, 0) is 19.7 Å². The number of hydrogen-bond donors (Lipinski definition) is 1. The molecule has 1 aromatic heterocycles. The van der Waals surface area contributed by atoms with Crippen LogP contribution in [0.15, 0.2) is 99.2 Å². The lowest BCUT2D eigenvalue weighted by atomic mass is 10.4. The summed E-state index contributed by atoms with van der Waals surface area (Å²) >= 11 is 0. The third-order valence-electron chi connectivity index (χ3n) is 3.93. The number of anilines is 1. The lowest BCUT2D eigenvalue weighted by Crippen LogP contribution is -2.16. The van der Waals surface area contributed by atoms with Gasteiger partial charge in [0.2, 0.25) is 19.7 Å². The fourth-order valence-corrected chi connectivity index (χ4v) is 6.10. The molecule has 0 aliphatic carbocycles. The molecule has 0 unspecified atom stereocenters. The zero-order valence-corrected chi connectivity index (χ0v) is 16.9. The van der Waals surface area contributed by atoms with Gasteiger partial charge in [-0.1, -0.05) is 36.4 Å². The van der Waals surface area contributed by atoms with Gasteiger partial charge in [0, 0.05) is 12.3 Å². The van der Waals surface area contributed by atoms with Crippen LogP contribution < -0.4 is 5.32 Å². The smallest absolute Gasteiger partial charge is 0.287 e. The summed E-state index contributed by atoms with van der Waals surface area (Å²) in [6.07, 6.45) is 1.78. The van der Waals surface area contributed by atoms with Crippen LogP contribution in [-0.4, -0.2) is 26.7 Å². The van der Waals surface area contributed by atoms with Crippen LogP contribution in [0, 0.1) is 10.1 Å². The molecule has 0 saturated carbocycles. The van der Waals surface area contributed by atoms with Gasteiger partial charge in [0.25, 0.3) is 5.69 Å². The van der Waals surface area contributed by atoms with Gasteiger partial charge in [0.15, 0.2) is 4.24 Å². The molecular weight excluding hydrogens is 430 g/mol. The lowest BCUT2D eigenvalue weighted by Gasteiger charge is -2.11. The van der Waals surface area contributed by atoms with Crippen molar-refractivity contribution in [3.8, 4) is 0 Å².